The molecule has 0 unspecified atom stereocenters. The molecule has 0 aromatic carbocycles. The fourth-order valence-electron chi connectivity index (χ4n) is 2.41. The maximum Gasteiger partial charge on any atom is 0.229 e. The first-order chi connectivity index (χ1) is 7.90. The van der Waals surface area contributed by atoms with E-state index in [1.54, 1.807) is 4.90 Å². The van der Waals surface area contributed by atoms with Gasteiger partial charge in [0.2, 0.25) is 5.91 Å². The molecule has 98 valence electrons. The van der Waals surface area contributed by atoms with Crippen LogP contribution in [-0.2, 0) is 4.79 Å². The Morgan fingerprint density at radius 3 is 2.41 bits per heavy atom. The quantitative estimate of drug-likeness (QED) is 0.339. The highest BCUT2D eigenvalue weighted by atomic mass is 16.4. The molecule has 5 heteroatoms. The first-order valence-electron chi connectivity index (χ1n) is 6.18. The second-order valence-corrected chi connectivity index (χ2v) is 5.39. The van der Waals surface area contributed by atoms with Crippen molar-refractivity contribution in [1.82, 2.24) is 4.90 Å². The second kappa shape index (κ2) is 5.38. The average molecular weight is 241 g/mol. The first-order valence-corrected chi connectivity index (χ1v) is 6.18. The number of carbonyl (C=O) groups excluding carboxylic acids is 1. The van der Waals surface area contributed by atoms with Gasteiger partial charge in [0.15, 0.2) is 5.84 Å². The van der Waals surface area contributed by atoms with Gasteiger partial charge in [-0.05, 0) is 26.7 Å². The molecule has 1 saturated carbocycles. The molecule has 0 aliphatic heterocycles. The third kappa shape index (κ3) is 3.11. The zero-order valence-electron chi connectivity index (χ0n) is 10.9. The van der Waals surface area contributed by atoms with Gasteiger partial charge in [0.25, 0.3) is 0 Å². The summed E-state index contributed by atoms with van der Waals surface area (Å²) in [7, 11) is 0. The van der Waals surface area contributed by atoms with Gasteiger partial charge >= 0.3 is 0 Å². The van der Waals surface area contributed by atoms with Crippen molar-refractivity contribution >= 4 is 11.7 Å². The Kier molecular flexibility index (Phi) is 4.37. The minimum atomic E-state index is -0.264. The minimum absolute atomic E-state index is 0.0558. The zero-order valence-corrected chi connectivity index (χ0v) is 10.9. The van der Waals surface area contributed by atoms with E-state index in [1.807, 2.05) is 20.8 Å². The van der Waals surface area contributed by atoms with Crippen molar-refractivity contribution in [2.45, 2.75) is 52.5 Å². The Morgan fingerprint density at radius 2 is 2.00 bits per heavy atom. The van der Waals surface area contributed by atoms with E-state index in [2.05, 4.69) is 5.16 Å². The number of hydrogen-bond acceptors (Lipinski definition) is 3. The Morgan fingerprint density at radius 1 is 1.47 bits per heavy atom. The summed E-state index contributed by atoms with van der Waals surface area (Å²) in [6.07, 6.45) is 4.09. The smallest absolute Gasteiger partial charge is 0.229 e. The molecule has 1 rings (SSSR count). The fourth-order valence-corrected chi connectivity index (χ4v) is 2.41. The molecule has 1 aliphatic rings. The maximum absolute atomic E-state index is 12.5. The molecule has 0 bridgehead atoms. The summed E-state index contributed by atoms with van der Waals surface area (Å²) in [5.74, 6) is 0.199. The van der Waals surface area contributed by atoms with Gasteiger partial charge in [-0.1, -0.05) is 24.9 Å². The van der Waals surface area contributed by atoms with Crippen LogP contribution in [-0.4, -0.2) is 34.4 Å². The summed E-state index contributed by atoms with van der Waals surface area (Å²) < 4.78 is 0. The number of hydrogen-bond donors (Lipinski definition) is 2. The molecule has 3 N–H and O–H groups in total. The highest BCUT2D eigenvalue weighted by Gasteiger charge is 2.39. The van der Waals surface area contributed by atoms with E-state index < -0.39 is 0 Å². The lowest BCUT2D eigenvalue weighted by Crippen LogP contribution is -2.48. The van der Waals surface area contributed by atoms with E-state index in [0.717, 1.165) is 25.7 Å². The Balaban J connectivity index is 2.80. The van der Waals surface area contributed by atoms with Crippen LogP contribution >= 0.6 is 0 Å². The number of rotatable bonds is 4. The van der Waals surface area contributed by atoms with Gasteiger partial charge in [0, 0.05) is 11.5 Å². The number of nitrogens with zero attached hydrogens (tertiary/aromatic N) is 2. The van der Waals surface area contributed by atoms with Crippen LogP contribution in [0.3, 0.4) is 0 Å². The molecule has 0 spiro atoms. The van der Waals surface area contributed by atoms with Crippen molar-refractivity contribution in [3.63, 3.8) is 0 Å². The van der Waals surface area contributed by atoms with Crippen molar-refractivity contribution in [3.8, 4) is 0 Å². The molecular weight excluding hydrogens is 218 g/mol. The van der Waals surface area contributed by atoms with Crippen LogP contribution in [0.15, 0.2) is 5.16 Å². The van der Waals surface area contributed by atoms with Crippen molar-refractivity contribution in [1.29, 1.82) is 0 Å². The Hall–Kier alpha value is -1.26. The van der Waals surface area contributed by atoms with Crippen LogP contribution in [0.4, 0.5) is 0 Å². The van der Waals surface area contributed by atoms with Gasteiger partial charge in [-0.15, -0.1) is 0 Å². The first kappa shape index (κ1) is 13.8. The average Bonchev–Trinajstić information content (AvgIpc) is 2.72. The van der Waals surface area contributed by atoms with Gasteiger partial charge in [0.1, 0.15) is 0 Å². The van der Waals surface area contributed by atoms with E-state index in [-0.39, 0.29) is 29.7 Å². The van der Waals surface area contributed by atoms with Gasteiger partial charge < -0.3 is 15.8 Å². The van der Waals surface area contributed by atoms with Crippen molar-refractivity contribution in [2.75, 3.05) is 6.54 Å². The monoisotopic (exact) mass is 241 g/mol. The lowest BCUT2D eigenvalue weighted by atomic mass is 9.86. The van der Waals surface area contributed by atoms with Crippen LogP contribution in [0.1, 0.15) is 46.5 Å². The van der Waals surface area contributed by atoms with Gasteiger partial charge in [-0.25, -0.2) is 0 Å². The Labute approximate surface area is 103 Å². The standard InChI is InChI=1S/C12H23N3O2/c1-9(2)15(8-10(13)14-17)11(16)12(3)6-4-5-7-12/h9,17H,4-8H2,1-3H3,(H2,13,14). The van der Waals surface area contributed by atoms with E-state index in [4.69, 9.17) is 10.9 Å². The van der Waals surface area contributed by atoms with E-state index in [1.165, 1.54) is 0 Å². The number of nitrogens with two attached hydrogens (primary N) is 1. The molecule has 1 amide bonds. The second-order valence-electron chi connectivity index (χ2n) is 5.39. The van der Waals surface area contributed by atoms with Crippen LogP contribution in [0.2, 0.25) is 0 Å². The van der Waals surface area contributed by atoms with Gasteiger partial charge in [-0.2, -0.15) is 0 Å². The summed E-state index contributed by atoms with van der Waals surface area (Å²) in [5.41, 5.74) is 5.23. The molecule has 0 aromatic heterocycles. The van der Waals surface area contributed by atoms with Gasteiger partial charge in [-0.3, -0.25) is 4.79 Å². The minimum Gasteiger partial charge on any atom is -0.409 e. The molecule has 17 heavy (non-hydrogen) atoms. The Bertz CT molecular complexity index is 307. The fraction of sp³-hybridized carbons (Fsp3) is 0.833. The molecule has 0 atom stereocenters. The molecule has 0 aromatic rings. The summed E-state index contributed by atoms with van der Waals surface area (Å²) in [6, 6.07) is 0.0558. The van der Waals surface area contributed by atoms with Crippen LogP contribution in [0.25, 0.3) is 0 Å². The SMILES string of the molecule is CC(C)N(CC(N)=NO)C(=O)C1(C)CCCC1. The summed E-state index contributed by atoms with van der Waals surface area (Å²) in [4.78, 5) is 14.2. The number of amides is 1. The van der Waals surface area contributed by atoms with E-state index in [0.29, 0.717) is 0 Å². The largest absolute Gasteiger partial charge is 0.409 e. The highest BCUT2D eigenvalue weighted by molar-refractivity contribution is 5.89. The van der Waals surface area contributed by atoms with Crippen molar-refractivity contribution in [2.24, 2.45) is 16.3 Å². The molecule has 1 fully saturated rings. The molecule has 0 radical (unpaired) electrons. The van der Waals surface area contributed by atoms with E-state index >= 15 is 0 Å². The summed E-state index contributed by atoms with van der Waals surface area (Å²) >= 11 is 0. The maximum atomic E-state index is 12.5. The van der Waals surface area contributed by atoms with Crippen LogP contribution in [0.5, 0.6) is 0 Å². The third-order valence-corrected chi connectivity index (χ3v) is 3.57. The lowest BCUT2D eigenvalue weighted by molar-refractivity contribution is -0.141. The summed E-state index contributed by atoms with van der Waals surface area (Å²) in [6.45, 7) is 6.11. The van der Waals surface area contributed by atoms with E-state index in [9.17, 15) is 4.79 Å². The predicted octanol–water partition coefficient (Wildman–Crippen LogP) is 1.55. The zero-order chi connectivity index (χ0) is 13.1. The lowest BCUT2D eigenvalue weighted by Gasteiger charge is -2.34. The molecule has 5 nitrogen and oxygen atoms in total. The molecule has 0 saturated heterocycles. The van der Waals surface area contributed by atoms with Crippen molar-refractivity contribution < 1.29 is 10.0 Å². The van der Waals surface area contributed by atoms with Crippen LogP contribution in [0, 0.1) is 5.41 Å². The normalized spacial score (nSPS) is 19.6. The number of oxime groups is 1. The number of carbonyl (C=O) groups is 1. The third-order valence-electron chi connectivity index (χ3n) is 3.57. The highest BCUT2D eigenvalue weighted by Crippen LogP contribution is 2.39. The van der Waals surface area contributed by atoms with Crippen molar-refractivity contribution in [3.05, 3.63) is 0 Å². The number of amidine groups is 1. The predicted molar refractivity (Wildman–Crippen MR) is 66.8 cm³/mol. The molecule has 1 aliphatic carbocycles. The summed E-state index contributed by atoms with van der Waals surface area (Å²) in [5, 5.41) is 11.5. The molecular formula is C12H23N3O2. The topological polar surface area (TPSA) is 78.9 Å². The molecule has 0 heterocycles. The van der Waals surface area contributed by atoms with Crippen LogP contribution < -0.4 is 5.73 Å². The van der Waals surface area contributed by atoms with Gasteiger partial charge in [0.05, 0.1) is 6.54 Å².